The summed E-state index contributed by atoms with van der Waals surface area (Å²) in [7, 11) is 1.31. The van der Waals surface area contributed by atoms with Gasteiger partial charge in [-0.2, -0.15) is 0 Å². The highest BCUT2D eigenvalue weighted by atomic mass is 79.9. The summed E-state index contributed by atoms with van der Waals surface area (Å²) < 4.78 is 10.6. The van der Waals surface area contributed by atoms with Crippen molar-refractivity contribution in [1.29, 1.82) is 0 Å². The van der Waals surface area contributed by atoms with Crippen LogP contribution in [0.4, 0.5) is 5.69 Å². The second kappa shape index (κ2) is 9.84. The lowest BCUT2D eigenvalue weighted by Gasteiger charge is -2.12. The van der Waals surface area contributed by atoms with Gasteiger partial charge in [-0.25, -0.2) is 4.79 Å². The van der Waals surface area contributed by atoms with Crippen molar-refractivity contribution in [3.63, 3.8) is 0 Å². The summed E-state index contributed by atoms with van der Waals surface area (Å²) in [5.41, 5.74) is 2.83. The van der Waals surface area contributed by atoms with E-state index < -0.39 is 5.97 Å². The number of esters is 1. The number of anilines is 1. The minimum atomic E-state index is -0.454. The molecule has 152 valence electrons. The van der Waals surface area contributed by atoms with E-state index in [9.17, 15) is 9.59 Å². The van der Waals surface area contributed by atoms with E-state index in [4.69, 9.17) is 4.74 Å². The smallest absolute Gasteiger partial charge is 0.343 e. The first-order valence-corrected chi connectivity index (χ1v) is 10.7. The maximum absolute atomic E-state index is 12.3. The molecular formula is C21H21BrN2O4S. The molecule has 1 heterocycles. The highest BCUT2D eigenvalue weighted by Gasteiger charge is 2.27. The molecule has 29 heavy (non-hydrogen) atoms. The third-order valence-electron chi connectivity index (χ3n) is 4.22. The van der Waals surface area contributed by atoms with E-state index in [1.165, 1.54) is 24.4 Å². The van der Waals surface area contributed by atoms with Crippen LogP contribution in [0.2, 0.25) is 0 Å². The Hall–Kier alpha value is -2.45. The van der Waals surface area contributed by atoms with Crippen LogP contribution in [0.15, 0.2) is 51.8 Å². The Morgan fingerprint density at radius 3 is 2.69 bits per heavy atom. The lowest BCUT2D eigenvalue weighted by molar-refractivity contribution is -0.142. The standard InChI is InChI=1S/C21H21BrN2O4S/c1-3-13-4-7-15(8-5-13)23-21-24-20(26)18(29-21)11-14-6-9-17(16(22)10-14)28-12-19(25)27-2/h4-11,21,23H,3,12H2,1-2H3,(H,24,26)/b18-11-. The van der Waals surface area contributed by atoms with Crippen LogP contribution in [0.5, 0.6) is 5.75 Å². The number of ether oxygens (including phenoxy) is 2. The van der Waals surface area contributed by atoms with E-state index in [1.54, 1.807) is 6.07 Å². The van der Waals surface area contributed by atoms with Gasteiger partial charge in [-0.3, -0.25) is 4.79 Å². The maximum Gasteiger partial charge on any atom is 0.343 e. The minimum Gasteiger partial charge on any atom is -0.481 e. The summed E-state index contributed by atoms with van der Waals surface area (Å²) in [5, 5.41) is 6.23. The van der Waals surface area contributed by atoms with Crippen molar-refractivity contribution in [3.05, 3.63) is 63.0 Å². The molecule has 0 bridgehead atoms. The molecule has 1 fully saturated rings. The summed E-state index contributed by atoms with van der Waals surface area (Å²) in [5.74, 6) is -0.0547. The van der Waals surface area contributed by atoms with Crippen LogP contribution in [0, 0.1) is 0 Å². The number of nitrogens with one attached hydrogen (secondary N) is 2. The van der Waals surface area contributed by atoms with Gasteiger partial charge in [0.1, 0.15) is 5.75 Å². The number of amides is 1. The van der Waals surface area contributed by atoms with Crippen molar-refractivity contribution in [3.8, 4) is 5.75 Å². The molecule has 0 aromatic heterocycles. The molecule has 0 aliphatic carbocycles. The van der Waals surface area contributed by atoms with E-state index in [-0.39, 0.29) is 18.0 Å². The Kier molecular flexibility index (Phi) is 7.22. The number of thioether (sulfide) groups is 1. The van der Waals surface area contributed by atoms with Crippen LogP contribution in [0.3, 0.4) is 0 Å². The van der Waals surface area contributed by atoms with E-state index in [0.29, 0.717) is 15.1 Å². The number of hydrogen-bond donors (Lipinski definition) is 2. The summed E-state index contributed by atoms with van der Waals surface area (Å²) in [6.45, 7) is 1.95. The van der Waals surface area contributed by atoms with Crippen LogP contribution in [0.1, 0.15) is 18.1 Å². The first-order valence-electron chi connectivity index (χ1n) is 9.02. The molecule has 2 aromatic rings. The fraction of sp³-hybridized carbons (Fsp3) is 0.238. The molecular weight excluding hydrogens is 456 g/mol. The molecule has 1 saturated heterocycles. The van der Waals surface area contributed by atoms with Crippen molar-refractivity contribution in [2.24, 2.45) is 0 Å². The number of rotatable bonds is 7. The molecule has 8 heteroatoms. The second-order valence-corrected chi connectivity index (χ2v) is 8.23. The zero-order valence-corrected chi connectivity index (χ0v) is 18.4. The van der Waals surface area contributed by atoms with Crippen molar-refractivity contribution in [2.45, 2.75) is 18.8 Å². The lowest BCUT2D eigenvalue weighted by atomic mass is 10.1. The summed E-state index contributed by atoms with van der Waals surface area (Å²) in [6, 6.07) is 13.6. The predicted molar refractivity (Wildman–Crippen MR) is 119 cm³/mol. The highest BCUT2D eigenvalue weighted by Crippen LogP contribution is 2.32. The zero-order valence-electron chi connectivity index (χ0n) is 16.0. The zero-order chi connectivity index (χ0) is 20.8. The maximum atomic E-state index is 12.3. The van der Waals surface area contributed by atoms with Crippen LogP contribution in [-0.2, 0) is 20.7 Å². The van der Waals surface area contributed by atoms with Gasteiger partial charge in [-0.15, -0.1) is 0 Å². The van der Waals surface area contributed by atoms with Gasteiger partial charge in [-0.1, -0.05) is 36.9 Å². The van der Waals surface area contributed by atoms with Gasteiger partial charge < -0.3 is 20.1 Å². The first-order chi connectivity index (χ1) is 14.0. The fourth-order valence-corrected chi connectivity index (χ4v) is 4.12. The first kappa shape index (κ1) is 21.3. The largest absolute Gasteiger partial charge is 0.481 e. The van der Waals surface area contributed by atoms with Crippen LogP contribution in [-0.4, -0.2) is 31.1 Å². The molecule has 6 nitrogen and oxygen atoms in total. The number of aryl methyl sites for hydroxylation is 1. The number of hydrogen-bond acceptors (Lipinski definition) is 6. The molecule has 1 aliphatic heterocycles. The van der Waals surface area contributed by atoms with Crippen molar-refractivity contribution >= 4 is 51.3 Å². The minimum absolute atomic E-state index is 0.125. The van der Waals surface area contributed by atoms with Crippen molar-refractivity contribution in [2.75, 3.05) is 19.0 Å². The quantitative estimate of drug-likeness (QED) is 0.461. The predicted octanol–water partition coefficient (Wildman–Crippen LogP) is 4.16. The van der Waals surface area contributed by atoms with Gasteiger partial charge in [-0.05, 0) is 63.8 Å². The Morgan fingerprint density at radius 1 is 1.28 bits per heavy atom. The van der Waals surface area contributed by atoms with Gasteiger partial charge in [0.05, 0.1) is 16.5 Å². The second-order valence-electron chi connectivity index (χ2n) is 6.23. The molecule has 2 N–H and O–H groups in total. The molecule has 0 spiro atoms. The number of carbonyl (C=O) groups is 2. The van der Waals surface area contributed by atoms with Gasteiger partial charge >= 0.3 is 5.97 Å². The third kappa shape index (κ3) is 5.77. The average Bonchev–Trinajstić information content (AvgIpc) is 3.06. The van der Waals surface area contributed by atoms with E-state index in [1.807, 2.05) is 30.3 Å². The molecule has 1 amide bonds. The van der Waals surface area contributed by atoms with Gasteiger partial charge in [0.15, 0.2) is 12.1 Å². The number of methoxy groups -OCH3 is 1. The monoisotopic (exact) mass is 476 g/mol. The normalized spacial score (nSPS) is 17.1. The summed E-state index contributed by atoms with van der Waals surface area (Å²) in [4.78, 5) is 24.1. The van der Waals surface area contributed by atoms with Crippen LogP contribution in [0.25, 0.3) is 6.08 Å². The van der Waals surface area contributed by atoms with Gasteiger partial charge in [0.25, 0.3) is 5.91 Å². The SMILES string of the molecule is CCc1ccc(NC2NC(=O)/C(=C/c3ccc(OCC(=O)OC)c(Br)c3)S2)cc1. The van der Waals surface area contributed by atoms with Crippen LogP contribution >= 0.6 is 27.7 Å². The van der Waals surface area contributed by atoms with Crippen LogP contribution < -0.4 is 15.4 Å². The number of benzene rings is 2. The third-order valence-corrected chi connectivity index (χ3v) is 5.87. The Balaban J connectivity index is 1.64. The molecule has 0 radical (unpaired) electrons. The van der Waals surface area contributed by atoms with Gasteiger partial charge in [0, 0.05) is 5.69 Å². The highest BCUT2D eigenvalue weighted by molar-refractivity contribution is 9.10. The van der Waals surface area contributed by atoms with E-state index in [2.05, 4.69) is 50.4 Å². The van der Waals surface area contributed by atoms with E-state index >= 15 is 0 Å². The Morgan fingerprint density at radius 2 is 2.03 bits per heavy atom. The number of carbonyl (C=O) groups excluding carboxylic acids is 2. The molecule has 1 aliphatic rings. The molecule has 1 unspecified atom stereocenters. The molecule has 2 aromatic carbocycles. The molecule has 0 saturated carbocycles. The molecule has 3 rings (SSSR count). The topological polar surface area (TPSA) is 76.7 Å². The van der Waals surface area contributed by atoms with Crippen molar-refractivity contribution < 1.29 is 19.1 Å². The van der Waals surface area contributed by atoms with Crippen molar-refractivity contribution in [1.82, 2.24) is 5.32 Å². The Labute approximate surface area is 182 Å². The molecule has 1 atom stereocenters. The van der Waals surface area contributed by atoms with E-state index in [0.717, 1.165) is 17.7 Å². The Bertz CT molecular complexity index is 931. The number of halogens is 1. The summed E-state index contributed by atoms with van der Waals surface area (Å²) in [6.07, 6.45) is 2.81. The average molecular weight is 477 g/mol. The lowest BCUT2D eigenvalue weighted by Crippen LogP contribution is -2.30. The van der Waals surface area contributed by atoms with Gasteiger partial charge in [0.2, 0.25) is 0 Å². The summed E-state index contributed by atoms with van der Waals surface area (Å²) >= 11 is 4.85. The fourth-order valence-electron chi connectivity index (χ4n) is 2.62.